The summed E-state index contributed by atoms with van der Waals surface area (Å²) in [5, 5.41) is 0.700. The molecule has 1 aliphatic rings. The van der Waals surface area contributed by atoms with E-state index in [9.17, 15) is 9.18 Å². The van der Waals surface area contributed by atoms with E-state index >= 15 is 0 Å². The zero-order chi connectivity index (χ0) is 17.8. The van der Waals surface area contributed by atoms with Crippen molar-refractivity contribution in [2.24, 2.45) is 0 Å². The molecule has 8 heteroatoms. The molecular weight excluding hydrogens is 343 g/mol. The normalized spacial score (nSPS) is 16.9. The van der Waals surface area contributed by atoms with Gasteiger partial charge in [0.2, 0.25) is 5.82 Å². The van der Waals surface area contributed by atoms with E-state index in [1.807, 2.05) is 13.2 Å². The summed E-state index contributed by atoms with van der Waals surface area (Å²) in [7, 11) is 0. The minimum absolute atomic E-state index is 0.0441. The maximum Gasteiger partial charge on any atom is 0.256 e. The van der Waals surface area contributed by atoms with Crippen LogP contribution in [0, 0.1) is 5.82 Å². The molecule has 0 aromatic carbocycles. The quantitative estimate of drug-likeness (QED) is 0.762. The largest absolute Gasteiger partial charge is 0.470 e. The van der Waals surface area contributed by atoms with Gasteiger partial charge in [0.1, 0.15) is 17.5 Å². The second-order valence-electron chi connectivity index (χ2n) is 5.63. The van der Waals surface area contributed by atoms with Crippen LogP contribution >= 0.6 is 11.8 Å². The molecule has 25 heavy (non-hydrogen) atoms. The molecule has 1 saturated heterocycles. The fourth-order valence-corrected chi connectivity index (χ4v) is 3.31. The van der Waals surface area contributed by atoms with Crippen molar-refractivity contribution >= 4 is 17.7 Å². The number of ether oxygens (including phenoxy) is 1. The highest BCUT2D eigenvalue weighted by Crippen LogP contribution is 2.24. The average molecular weight is 362 g/mol. The van der Waals surface area contributed by atoms with Gasteiger partial charge >= 0.3 is 0 Å². The zero-order valence-corrected chi connectivity index (χ0v) is 14.9. The minimum Gasteiger partial charge on any atom is -0.470 e. The Balaban J connectivity index is 1.69. The lowest BCUT2D eigenvalue weighted by Gasteiger charge is -2.18. The highest BCUT2D eigenvalue weighted by atomic mass is 32.2. The fourth-order valence-electron chi connectivity index (χ4n) is 2.77. The third-order valence-electron chi connectivity index (χ3n) is 4.07. The molecule has 1 amide bonds. The van der Waals surface area contributed by atoms with Gasteiger partial charge in [-0.25, -0.2) is 9.97 Å². The highest BCUT2D eigenvalue weighted by Gasteiger charge is 2.30. The molecule has 2 aromatic heterocycles. The molecule has 132 valence electrons. The molecule has 1 fully saturated rings. The number of hydrogen-bond donors (Lipinski definition) is 0. The second kappa shape index (κ2) is 7.77. The van der Waals surface area contributed by atoms with E-state index < -0.39 is 5.82 Å². The van der Waals surface area contributed by atoms with Gasteiger partial charge < -0.3 is 9.64 Å². The molecule has 0 unspecified atom stereocenters. The fraction of sp³-hybridized carbons (Fsp3) is 0.412. The van der Waals surface area contributed by atoms with Gasteiger partial charge in [0, 0.05) is 19.2 Å². The Morgan fingerprint density at radius 2 is 2.28 bits per heavy atom. The van der Waals surface area contributed by atoms with E-state index in [1.165, 1.54) is 18.1 Å². The van der Waals surface area contributed by atoms with E-state index in [0.29, 0.717) is 42.2 Å². The van der Waals surface area contributed by atoms with Crippen molar-refractivity contribution < 1.29 is 13.9 Å². The molecular formula is C17H19FN4O2S. The van der Waals surface area contributed by atoms with Crippen molar-refractivity contribution in [1.29, 1.82) is 0 Å². The Morgan fingerprint density at radius 1 is 1.44 bits per heavy atom. The number of aromatic nitrogens is 3. The number of rotatable bonds is 5. The predicted octanol–water partition coefficient (Wildman–Crippen LogP) is 2.59. The number of carbonyl (C=O) groups is 1. The smallest absolute Gasteiger partial charge is 0.256 e. The van der Waals surface area contributed by atoms with E-state index in [2.05, 4.69) is 15.0 Å². The second-order valence-corrected chi connectivity index (χ2v) is 6.43. The van der Waals surface area contributed by atoms with Gasteiger partial charge in [0.05, 0.1) is 17.8 Å². The van der Waals surface area contributed by atoms with Gasteiger partial charge in [-0.05, 0) is 24.8 Å². The van der Waals surface area contributed by atoms with Crippen molar-refractivity contribution in [2.75, 3.05) is 19.3 Å². The molecule has 1 aliphatic heterocycles. The van der Waals surface area contributed by atoms with Crippen LogP contribution < -0.4 is 4.74 Å². The first-order chi connectivity index (χ1) is 12.1. The van der Waals surface area contributed by atoms with Gasteiger partial charge in [-0.1, -0.05) is 6.92 Å². The van der Waals surface area contributed by atoms with Gasteiger partial charge in [-0.3, -0.25) is 4.79 Å². The lowest BCUT2D eigenvalue weighted by molar-refractivity contribution is 0.0765. The number of nitrogens with zero attached hydrogens (tertiary/aromatic N) is 4. The van der Waals surface area contributed by atoms with Crippen LogP contribution in [0.5, 0.6) is 5.88 Å². The van der Waals surface area contributed by atoms with Crippen LogP contribution in [-0.2, 0) is 6.42 Å². The summed E-state index contributed by atoms with van der Waals surface area (Å²) < 4.78 is 19.9. The van der Waals surface area contributed by atoms with Crippen molar-refractivity contribution in [1.82, 2.24) is 19.9 Å². The maximum absolute atomic E-state index is 14.2. The molecule has 1 atom stereocenters. The Morgan fingerprint density at radius 3 is 3.04 bits per heavy atom. The van der Waals surface area contributed by atoms with E-state index in [4.69, 9.17) is 4.74 Å². The lowest BCUT2D eigenvalue weighted by Crippen LogP contribution is -2.31. The first-order valence-corrected chi connectivity index (χ1v) is 9.30. The summed E-state index contributed by atoms with van der Waals surface area (Å²) in [6, 6.07) is 3.52. The molecule has 6 nitrogen and oxygen atoms in total. The molecule has 3 heterocycles. The molecule has 0 aliphatic carbocycles. The third kappa shape index (κ3) is 3.73. The number of likely N-dealkylation sites (tertiary alicyclic amines) is 1. The highest BCUT2D eigenvalue weighted by molar-refractivity contribution is 7.98. The van der Waals surface area contributed by atoms with Crippen molar-refractivity contribution in [2.45, 2.75) is 30.9 Å². The number of amides is 1. The summed E-state index contributed by atoms with van der Waals surface area (Å²) in [4.78, 5) is 26.4. The van der Waals surface area contributed by atoms with Crippen molar-refractivity contribution in [3.63, 3.8) is 0 Å². The Kier molecular flexibility index (Phi) is 5.47. The van der Waals surface area contributed by atoms with Crippen LogP contribution in [0.15, 0.2) is 29.7 Å². The number of aryl methyl sites for hydroxylation is 1. The summed E-state index contributed by atoms with van der Waals surface area (Å²) in [6.45, 7) is 2.77. The van der Waals surface area contributed by atoms with Crippen LogP contribution in [-0.4, -0.2) is 51.2 Å². The number of halogens is 1. The van der Waals surface area contributed by atoms with Gasteiger partial charge in [0.25, 0.3) is 11.8 Å². The first kappa shape index (κ1) is 17.6. The SMILES string of the molecule is CCc1ncnc(O[C@H]2CCN(C(=O)c3cccnc3SC)C2)c1F. The van der Waals surface area contributed by atoms with Gasteiger partial charge in [0.15, 0.2) is 0 Å². The van der Waals surface area contributed by atoms with Crippen molar-refractivity contribution in [3.8, 4) is 5.88 Å². The Labute approximate surface area is 149 Å². The van der Waals surface area contributed by atoms with Crippen LogP contribution in [0.25, 0.3) is 0 Å². The maximum atomic E-state index is 14.2. The Hall–Kier alpha value is -2.22. The molecule has 0 spiro atoms. The summed E-state index contributed by atoms with van der Waals surface area (Å²) in [5.74, 6) is -0.648. The van der Waals surface area contributed by atoms with Gasteiger partial charge in [-0.2, -0.15) is 9.37 Å². The van der Waals surface area contributed by atoms with E-state index in [1.54, 1.807) is 23.2 Å². The molecule has 2 aromatic rings. The molecule has 0 bridgehead atoms. The molecule has 0 saturated carbocycles. The summed E-state index contributed by atoms with van der Waals surface area (Å²) in [6.07, 6.45) is 5.67. The molecule has 0 radical (unpaired) electrons. The number of carbonyl (C=O) groups excluding carboxylic acids is 1. The van der Waals surface area contributed by atoms with Gasteiger partial charge in [-0.15, -0.1) is 11.8 Å². The number of thioether (sulfide) groups is 1. The summed E-state index contributed by atoms with van der Waals surface area (Å²) in [5.41, 5.74) is 0.910. The molecule has 0 N–H and O–H groups in total. The first-order valence-electron chi connectivity index (χ1n) is 8.08. The van der Waals surface area contributed by atoms with Crippen LogP contribution in [0.2, 0.25) is 0 Å². The Bertz CT molecular complexity index is 774. The zero-order valence-electron chi connectivity index (χ0n) is 14.1. The average Bonchev–Trinajstić information content (AvgIpc) is 3.11. The van der Waals surface area contributed by atoms with Crippen LogP contribution in [0.3, 0.4) is 0 Å². The monoisotopic (exact) mass is 362 g/mol. The number of hydrogen-bond acceptors (Lipinski definition) is 6. The predicted molar refractivity (Wildman–Crippen MR) is 92.3 cm³/mol. The van der Waals surface area contributed by atoms with E-state index in [-0.39, 0.29) is 17.9 Å². The minimum atomic E-state index is -0.522. The number of pyridine rings is 1. The van der Waals surface area contributed by atoms with Crippen molar-refractivity contribution in [3.05, 3.63) is 41.7 Å². The third-order valence-corrected chi connectivity index (χ3v) is 4.78. The van der Waals surface area contributed by atoms with E-state index in [0.717, 1.165) is 0 Å². The van der Waals surface area contributed by atoms with Crippen LogP contribution in [0.4, 0.5) is 4.39 Å². The topological polar surface area (TPSA) is 68.2 Å². The standard InChI is InChI=1S/C17H19FN4O2S/c1-3-13-14(18)15(21-10-20-13)24-11-6-8-22(9-11)17(23)12-5-4-7-19-16(12)25-2/h4-5,7,10-11H,3,6,8-9H2,1-2H3/t11-/m0/s1. The lowest BCUT2D eigenvalue weighted by atomic mass is 10.2. The molecule has 3 rings (SSSR count). The summed E-state index contributed by atoms with van der Waals surface area (Å²) >= 11 is 1.44. The van der Waals surface area contributed by atoms with Crippen LogP contribution in [0.1, 0.15) is 29.4 Å².